The summed E-state index contributed by atoms with van der Waals surface area (Å²) in [6.45, 7) is 5.00. The number of benzene rings is 1. The van der Waals surface area contributed by atoms with Gasteiger partial charge in [0, 0.05) is 31.5 Å². The summed E-state index contributed by atoms with van der Waals surface area (Å²) in [5.41, 5.74) is -0.197. The van der Waals surface area contributed by atoms with Crippen LogP contribution in [0.5, 0.6) is 11.5 Å². The van der Waals surface area contributed by atoms with Gasteiger partial charge >= 0.3 is 11.9 Å². The molecule has 4 atom stereocenters. The van der Waals surface area contributed by atoms with Crippen LogP contribution in [0.3, 0.4) is 0 Å². The molecule has 3 aliphatic heterocycles. The summed E-state index contributed by atoms with van der Waals surface area (Å²) in [5.74, 6) is -0.0772. The summed E-state index contributed by atoms with van der Waals surface area (Å²) in [5, 5.41) is 21.4. The van der Waals surface area contributed by atoms with E-state index < -0.39 is 35.7 Å². The Balaban J connectivity index is 1.51. The maximum atomic E-state index is 13.6. The van der Waals surface area contributed by atoms with Gasteiger partial charge in [0.2, 0.25) is 6.79 Å². The second-order valence-corrected chi connectivity index (χ2v) is 10.9. The highest BCUT2D eigenvalue weighted by atomic mass is 16.7. The number of nitrogens with zero attached hydrogens (tertiary/aromatic N) is 1. The van der Waals surface area contributed by atoms with Crippen molar-refractivity contribution in [3.8, 4) is 11.5 Å². The van der Waals surface area contributed by atoms with Gasteiger partial charge in [-0.15, -0.1) is 0 Å². The first-order valence-corrected chi connectivity index (χ1v) is 12.9. The van der Waals surface area contributed by atoms with Gasteiger partial charge in [0.25, 0.3) is 0 Å². The second-order valence-electron chi connectivity index (χ2n) is 10.9. The van der Waals surface area contributed by atoms with Gasteiger partial charge in [-0.1, -0.05) is 12.2 Å². The summed E-state index contributed by atoms with van der Waals surface area (Å²) in [4.78, 5) is 28.2. The molecule has 10 heteroatoms. The fourth-order valence-corrected chi connectivity index (χ4v) is 6.05. The van der Waals surface area contributed by atoms with E-state index in [2.05, 4.69) is 4.90 Å². The molecule has 0 saturated carbocycles. The molecule has 1 aromatic carbocycles. The summed E-state index contributed by atoms with van der Waals surface area (Å²) >= 11 is 0. The van der Waals surface area contributed by atoms with Gasteiger partial charge in [-0.25, -0.2) is 4.79 Å². The highest BCUT2D eigenvalue weighted by Crippen LogP contribution is 2.52. The third kappa shape index (κ3) is 4.76. The van der Waals surface area contributed by atoms with Gasteiger partial charge in [-0.2, -0.15) is 0 Å². The average molecular weight is 530 g/mol. The molecule has 3 heterocycles. The number of fused-ring (bicyclic) bond motifs is 3. The van der Waals surface area contributed by atoms with Crippen molar-refractivity contribution in [2.75, 3.05) is 34.1 Å². The number of methoxy groups -OCH3 is 2. The lowest BCUT2D eigenvalue weighted by Crippen LogP contribution is -2.45. The monoisotopic (exact) mass is 529 g/mol. The number of aliphatic hydroxyl groups is 2. The largest absolute Gasteiger partial charge is 0.497 e. The molecule has 0 amide bonds. The van der Waals surface area contributed by atoms with E-state index in [0.717, 1.165) is 42.6 Å². The number of carbonyl (C=O) groups excluding carboxylic acids is 2. The molecule has 10 nitrogen and oxygen atoms in total. The van der Waals surface area contributed by atoms with Crippen molar-refractivity contribution in [2.24, 2.45) is 0 Å². The van der Waals surface area contributed by atoms with Crippen molar-refractivity contribution in [3.63, 3.8) is 0 Å². The fraction of sp³-hybridized carbons (Fsp3) is 0.571. The predicted molar refractivity (Wildman–Crippen MR) is 135 cm³/mol. The molecule has 5 rings (SSSR count). The van der Waals surface area contributed by atoms with E-state index in [0.29, 0.717) is 17.3 Å². The maximum Gasteiger partial charge on any atom is 0.339 e. The summed E-state index contributed by atoms with van der Waals surface area (Å²) < 4.78 is 27.9. The maximum absolute atomic E-state index is 13.6. The normalized spacial score (nSPS) is 25.6. The molecule has 3 unspecified atom stereocenters. The second kappa shape index (κ2) is 9.91. The van der Waals surface area contributed by atoms with Crippen molar-refractivity contribution >= 4 is 11.9 Å². The van der Waals surface area contributed by atoms with E-state index >= 15 is 0 Å². The van der Waals surface area contributed by atoms with Crippen LogP contribution in [0, 0.1) is 0 Å². The van der Waals surface area contributed by atoms with Gasteiger partial charge < -0.3 is 33.9 Å². The fourth-order valence-electron chi connectivity index (χ4n) is 6.05. The standard InChI is InChI=1S/C28H35NO9/c1-27(2,32)8-5-9-28(33,14-21(30)34-3)26(31)38-25-22-18-13-20-19(36-15-37-20)12-16(18)6-10-29-11-7-17(23(22)29)24(25)35-4/h5,8,12-13,22-23,25,32-33H,6-7,9-11,14-15H2,1-4H3/b8-5+/t22-,23?,25?,28?/m0/s1. The van der Waals surface area contributed by atoms with Crippen LogP contribution < -0.4 is 9.47 Å². The van der Waals surface area contributed by atoms with Crippen LogP contribution in [0.4, 0.5) is 0 Å². The van der Waals surface area contributed by atoms with E-state index in [1.165, 1.54) is 19.3 Å². The van der Waals surface area contributed by atoms with Crippen LogP contribution >= 0.6 is 0 Å². The first-order chi connectivity index (χ1) is 18.0. The third-order valence-corrected chi connectivity index (χ3v) is 7.80. The Morgan fingerprint density at radius 2 is 1.84 bits per heavy atom. The molecule has 4 aliphatic rings. The minimum absolute atomic E-state index is 0.0202. The quantitative estimate of drug-likeness (QED) is 0.382. The molecule has 1 fully saturated rings. The van der Waals surface area contributed by atoms with Crippen molar-refractivity contribution in [3.05, 3.63) is 46.7 Å². The Morgan fingerprint density at radius 1 is 1.13 bits per heavy atom. The van der Waals surface area contributed by atoms with Gasteiger partial charge in [-0.3, -0.25) is 9.69 Å². The molecule has 206 valence electrons. The predicted octanol–water partition coefficient (Wildman–Crippen LogP) is 1.97. The number of hydrogen-bond acceptors (Lipinski definition) is 10. The van der Waals surface area contributed by atoms with E-state index in [1.807, 2.05) is 12.1 Å². The van der Waals surface area contributed by atoms with Crippen molar-refractivity contribution in [1.82, 2.24) is 4.90 Å². The SMILES string of the molecule is COC(=O)CC(O)(C/C=C/C(C)(C)O)C(=O)OC1C(OC)=C2CCN3CCc4cc5c(cc4[C@H]1C23)OCO5. The first-order valence-electron chi connectivity index (χ1n) is 12.9. The lowest BCUT2D eigenvalue weighted by Gasteiger charge is -2.32. The molecule has 1 aliphatic carbocycles. The summed E-state index contributed by atoms with van der Waals surface area (Å²) in [6.07, 6.45) is 2.86. The number of ether oxygens (including phenoxy) is 5. The van der Waals surface area contributed by atoms with E-state index in [-0.39, 0.29) is 25.2 Å². The molecular weight excluding hydrogens is 494 g/mol. The van der Waals surface area contributed by atoms with Crippen LogP contribution in [0.15, 0.2) is 35.6 Å². The molecule has 0 bridgehead atoms. The Morgan fingerprint density at radius 3 is 2.53 bits per heavy atom. The van der Waals surface area contributed by atoms with Gasteiger partial charge in [-0.05, 0) is 55.5 Å². The zero-order valence-corrected chi connectivity index (χ0v) is 22.2. The van der Waals surface area contributed by atoms with Crippen LogP contribution in [0.1, 0.15) is 50.2 Å². The Labute approximate surface area is 221 Å². The Hall–Kier alpha value is -3.08. The van der Waals surface area contributed by atoms with Gasteiger partial charge in [0.15, 0.2) is 23.2 Å². The lowest BCUT2D eigenvalue weighted by atomic mass is 9.86. The summed E-state index contributed by atoms with van der Waals surface area (Å²) in [7, 11) is 2.75. The van der Waals surface area contributed by atoms with E-state index in [1.54, 1.807) is 21.0 Å². The number of rotatable bonds is 8. The third-order valence-electron chi connectivity index (χ3n) is 7.80. The van der Waals surface area contributed by atoms with Crippen molar-refractivity contribution < 1.29 is 43.5 Å². The van der Waals surface area contributed by atoms with Crippen LogP contribution in [-0.4, -0.2) is 84.5 Å². The molecule has 2 N–H and O–H groups in total. The average Bonchev–Trinajstić information content (AvgIpc) is 3.52. The molecule has 0 spiro atoms. The first kappa shape index (κ1) is 26.5. The molecule has 0 aromatic heterocycles. The van der Waals surface area contributed by atoms with Gasteiger partial charge in [0.05, 0.1) is 26.2 Å². The van der Waals surface area contributed by atoms with Crippen molar-refractivity contribution in [1.29, 1.82) is 0 Å². The number of hydrogen-bond donors (Lipinski definition) is 2. The smallest absolute Gasteiger partial charge is 0.339 e. The zero-order valence-electron chi connectivity index (χ0n) is 22.2. The lowest BCUT2D eigenvalue weighted by molar-refractivity contribution is -0.176. The molecule has 38 heavy (non-hydrogen) atoms. The zero-order chi connectivity index (χ0) is 27.2. The van der Waals surface area contributed by atoms with Crippen LogP contribution in [0.2, 0.25) is 0 Å². The van der Waals surface area contributed by atoms with Gasteiger partial charge in [0.1, 0.15) is 5.76 Å². The number of carbonyl (C=O) groups is 2. The summed E-state index contributed by atoms with van der Waals surface area (Å²) in [6, 6.07) is 3.94. The minimum atomic E-state index is -2.20. The molecule has 1 saturated heterocycles. The highest BCUT2D eigenvalue weighted by Gasteiger charge is 2.54. The van der Waals surface area contributed by atoms with Crippen LogP contribution in [-0.2, 0) is 30.2 Å². The van der Waals surface area contributed by atoms with Crippen molar-refractivity contribution in [2.45, 2.75) is 68.8 Å². The minimum Gasteiger partial charge on any atom is -0.497 e. The van der Waals surface area contributed by atoms with E-state index in [9.17, 15) is 19.8 Å². The van der Waals surface area contributed by atoms with E-state index in [4.69, 9.17) is 23.7 Å². The molecule has 0 radical (unpaired) electrons. The highest BCUT2D eigenvalue weighted by molar-refractivity contribution is 5.86. The molecule has 1 aromatic rings. The number of esters is 2. The topological polar surface area (TPSA) is 124 Å². The Kier molecular flexibility index (Phi) is 6.91. The Bertz CT molecular complexity index is 1180. The molecular formula is C28H35NO9. The van der Waals surface area contributed by atoms with Crippen LogP contribution in [0.25, 0.3) is 0 Å².